The van der Waals surface area contributed by atoms with Crippen molar-refractivity contribution in [2.24, 2.45) is 0 Å². The zero-order chi connectivity index (χ0) is 20.6. The third-order valence-corrected chi connectivity index (χ3v) is 5.17. The van der Waals surface area contributed by atoms with Crippen LogP contribution in [-0.4, -0.2) is 24.4 Å². The Hall–Kier alpha value is -1.84. The van der Waals surface area contributed by atoms with Gasteiger partial charge in [-0.3, -0.25) is 0 Å². The van der Waals surface area contributed by atoms with Gasteiger partial charge in [-0.15, -0.1) is 0 Å². The zero-order valence-electron chi connectivity index (χ0n) is 18.1. The van der Waals surface area contributed by atoms with Crippen molar-refractivity contribution in [1.29, 1.82) is 0 Å². The molecular weight excluding hydrogens is 352 g/mol. The minimum atomic E-state index is -0.0397. The van der Waals surface area contributed by atoms with Gasteiger partial charge < -0.3 is 19.7 Å². The zero-order valence-corrected chi connectivity index (χ0v) is 18.1. The van der Waals surface area contributed by atoms with Crippen LogP contribution in [0.25, 0.3) is 6.08 Å². The van der Waals surface area contributed by atoms with Gasteiger partial charge in [0.1, 0.15) is 0 Å². The molecule has 0 bridgehead atoms. The number of unbranched alkanes of at least 4 members (excludes halogenated alkanes) is 12. The molecule has 0 heterocycles. The van der Waals surface area contributed by atoms with E-state index in [0.29, 0.717) is 5.56 Å². The number of hydrogen-bond acceptors (Lipinski definition) is 4. The molecule has 0 unspecified atom stereocenters. The highest BCUT2D eigenvalue weighted by molar-refractivity contribution is 5.72. The van der Waals surface area contributed by atoms with Crippen molar-refractivity contribution in [3.63, 3.8) is 0 Å². The van der Waals surface area contributed by atoms with E-state index in [0.717, 1.165) is 12.8 Å². The summed E-state index contributed by atoms with van der Waals surface area (Å²) in [6.45, 7) is 2.26. The maximum absolute atomic E-state index is 10.3. The average Bonchev–Trinajstić information content (AvgIpc) is 2.70. The SMILES string of the molecule is CCCCCCCCCCCCCC/C=C/c1c(O)c(OC)cc(O)c1OC. The first-order valence-electron chi connectivity index (χ1n) is 11.0. The van der Waals surface area contributed by atoms with E-state index in [9.17, 15) is 10.2 Å². The number of aromatic hydroxyl groups is 2. The van der Waals surface area contributed by atoms with Gasteiger partial charge in [0.2, 0.25) is 0 Å². The van der Waals surface area contributed by atoms with Gasteiger partial charge in [-0.1, -0.05) is 89.7 Å². The minimum Gasteiger partial charge on any atom is -0.504 e. The molecule has 28 heavy (non-hydrogen) atoms. The summed E-state index contributed by atoms with van der Waals surface area (Å²) in [4.78, 5) is 0. The van der Waals surface area contributed by atoms with Gasteiger partial charge in [0.25, 0.3) is 0 Å². The fourth-order valence-corrected chi connectivity index (χ4v) is 3.47. The van der Waals surface area contributed by atoms with Crippen LogP contribution in [-0.2, 0) is 0 Å². The smallest absolute Gasteiger partial charge is 0.171 e. The van der Waals surface area contributed by atoms with E-state index in [1.54, 1.807) is 6.08 Å². The fourth-order valence-electron chi connectivity index (χ4n) is 3.47. The quantitative estimate of drug-likeness (QED) is 0.230. The van der Waals surface area contributed by atoms with Gasteiger partial charge in [0.05, 0.1) is 19.8 Å². The van der Waals surface area contributed by atoms with Gasteiger partial charge >= 0.3 is 0 Å². The molecule has 0 aliphatic heterocycles. The predicted molar refractivity (Wildman–Crippen MR) is 118 cm³/mol. The third kappa shape index (κ3) is 8.90. The molecule has 0 spiro atoms. The highest BCUT2D eigenvalue weighted by Gasteiger charge is 2.16. The summed E-state index contributed by atoms with van der Waals surface area (Å²) in [6.07, 6.45) is 20.8. The van der Waals surface area contributed by atoms with Crippen LogP contribution in [0.2, 0.25) is 0 Å². The number of phenols is 2. The van der Waals surface area contributed by atoms with Crippen LogP contribution in [0.5, 0.6) is 23.0 Å². The molecule has 0 atom stereocenters. The van der Waals surface area contributed by atoms with E-state index in [-0.39, 0.29) is 23.0 Å². The average molecular weight is 393 g/mol. The molecule has 4 heteroatoms. The van der Waals surface area contributed by atoms with Crippen molar-refractivity contribution >= 4 is 6.08 Å². The Labute approximate surface area is 171 Å². The van der Waals surface area contributed by atoms with Crippen molar-refractivity contribution in [2.75, 3.05) is 14.2 Å². The summed E-state index contributed by atoms with van der Waals surface area (Å²) in [5, 5.41) is 20.3. The fraction of sp³-hybridized carbons (Fsp3) is 0.667. The molecule has 0 amide bonds. The van der Waals surface area contributed by atoms with Gasteiger partial charge in [-0.05, 0) is 12.8 Å². The summed E-state index contributed by atoms with van der Waals surface area (Å²) in [7, 11) is 2.93. The van der Waals surface area contributed by atoms with Crippen LogP contribution < -0.4 is 9.47 Å². The Bertz CT molecular complexity index is 566. The van der Waals surface area contributed by atoms with Crippen LogP contribution in [0.4, 0.5) is 0 Å². The topological polar surface area (TPSA) is 58.9 Å². The van der Waals surface area contributed by atoms with Crippen LogP contribution in [0.3, 0.4) is 0 Å². The van der Waals surface area contributed by atoms with Crippen molar-refractivity contribution in [3.8, 4) is 23.0 Å². The summed E-state index contributed by atoms with van der Waals surface area (Å²) < 4.78 is 10.3. The highest BCUT2D eigenvalue weighted by Crippen LogP contribution is 2.43. The normalized spacial score (nSPS) is 11.2. The molecule has 1 rings (SSSR count). The second-order valence-electron chi connectivity index (χ2n) is 7.47. The number of ether oxygens (including phenoxy) is 2. The van der Waals surface area contributed by atoms with Crippen molar-refractivity contribution in [3.05, 3.63) is 17.7 Å². The monoisotopic (exact) mass is 392 g/mol. The summed E-state index contributed by atoms with van der Waals surface area (Å²) in [5.41, 5.74) is 0.457. The Kier molecular flexibility index (Phi) is 13.1. The summed E-state index contributed by atoms with van der Waals surface area (Å²) >= 11 is 0. The minimum absolute atomic E-state index is 0.0110. The maximum atomic E-state index is 10.3. The number of benzene rings is 1. The third-order valence-electron chi connectivity index (χ3n) is 5.17. The van der Waals surface area contributed by atoms with E-state index in [1.165, 1.54) is 90.9 Å². The molecule has 0 saturated carbocycles. The lowest BCUT2D eigenvalue weighted by molar-refractivity contribution is 0.345. The first-order chi connectivity index (χ1) is 13.7. The van der Waals surface area contributed by atoms with Crippen LogP contribution in [0.1, 0.15) is 96.0 Å². The van der Waals surface area contributed by atoms with Crippen LogP contribution in [0.15, 0.2) is 12.1 Å². The van der Waals surface area contributed by atoms with Crippen molar-refractivity contribution in [1.82, 2.24) is 0 Å². The molecule has 2 N–H and O–H groups in total. The molecule has 160 valence electrons. The van der Waals surface area contributed by atoms with E-state index in [4.69, 9.17) is 9.47 Å². The molecule has 4 nitrogen and oxygen atoms in total. The first kappa shape index (κ1) is 24.2. The number of hydrogen-bond donors (Lipinski definition) is 2. The summed E-state index contributed by atoms with van der Waals surface area (Å²) in [5.74, 6) is 0.456. The predicted octanol–water partition coefficient (Wildman–Crippen LogP) is 7.22. The Balaban J connectivity index is 2.20. The van der Waals surface area contributed by atoms with E-state index in [2.05, 4.69) is 6.92 Å². The molecular formula is C24H40O4. The Morgan fingerprint density at radius 3 is 1.82 bits per heavy atom. The van der Waals surface area contributed by atoms with Crippen molar-refractivity contribution < 1.29 is 19.7 Å². The number of allylic oxidation sites excluding steroid dienone is 1. The number of rotatable bonds is 16. The molecule has 0 fully saturated rings. The van der Waals surface area contributed by atoms with Gasteiger partial charge in [-0.2, -0.15) is 0 Å². The first-order valence-corrected chi connectivity index (χ1v) is 11.0. The molecule has 0 saturated heterocycles. The van der Waals surface area contributed by atoms with E-state index in [1.807, 2.05) is 6.08 Å². The van der Waals surface area contributed by atoms with Gasteiger partial charge in [0, 0.05) is 6.07 Å². The molecule has 0 aliphatic carbocycles. The second-order valence-corrected chi connectivity index (χ2v) is 7.47. The van der Waals surface area contributed by atoms with E-state index >= 15 is 0 Å². The number of phenolic OH excluding ortho intramolecular Hbond substituents is 2. The molecule has 0 aliphatic rings. The van der Waals surface area contributed by atoms with Gasteiger partial charge in [0.15, 0.2) is 23.0 Å². The highest BCUT2D eigenvalue weighted by atomic mass is 16.5. The molecule has 0 aromatic heterocycles. The van der Waals surface area contributed by atoms with Gasteiger partial charge in [-0.25, -0.2) is 0 Å². The standard InChI is InChI=1S/C24H40O4/c1-4-5-6-7-8-9-10-11-12-13-14-15-16-17-18-20-23(26)22(27-2)19-21(25)24(20)28-3/h17-19,25-26H,4-16H2,1-3H3/b18-17+. The second kappa shape index (κ2) is 15.1. The lowest BCUT2D eigenvalue weighted by atomic mass is 10.0. The molecule has 1 aromatic rings. The van der Waals surface area contributed by atoms with E-state index < -0.39 is 0 Å². The molecule has 1 aromatic carbocycles. The molecule has 0 radical (unpaired) electrons. The summed E-state index contributed by atoms with van der Waals surface area (Å²) in [6, 6.07) is 1.36. The Morgan fingerprint density at radius 1 is 0.786 bits per heavy atom. The lowest BCUT2D eigenvalue weighted by Gasteiger charge is -2.12. The largest absolute Gasteiger partial charge is 0.504 e. The van der Waals surface area contributed by atoms with Crippen LogP contribution >= 0.6 is 0 Å². The maximum Gasteiger partial charge on any atom is 0.171 e. The van der Waals surface area contributed by atoms with Crippen LogP contribution in [0, 0.1) is 0 Å². The lowest BCUT2D eigenvalue weighted by Crippen LogP contribution is -1.92. The Morgan fingerprint density at radius 2 is 1.32 bits per heavy atom. The van der Waals surface area contributed by atoms with Crippen molar-refractivity contribution in [2.45, 2.75) is 90.4 Å². The number of methoxy groups -OCH3 is 2.